The summed E-state index contributed by atoms with van der Waals surface area (Å²) in [6.07, 6.45) is 9.25. The second-order valence-electron chi connectivity index (χ2n) is 6.15. The van der Waals surface area contributed by atoms with Gasteiger partial charge in [-0.05, 0) is 43.4 Å². The van der Waals surface area contributed by atoms with Crippen molar-refractivity contribution in [2.24, 2.45) is 5.92 Å². The Bertz CT molecular complexity index is 550. The number of benzene rings is 1. The van der Waals surface area contributed by atoms with Crippen molar-refractivity contribution in [3.63, 3.8) is 0 Å². The molecule has 2 aromatic rings. The molecule has 1 heterocycles. The van der Waals surface area contributed by atoms with Crippen LogP contribution in [-0.2, 0) is 13.1 Å². The van der Waals surface area contributed by atoms with Crippen molar-refractivity contribution < 1.29 is 0 Å². The maximum atomic E-state index is 3.54. The van der Waals surface area contributed by atoms with Gasteiger partial charge in [0.25, 0.3) is 0 Å². The highest BCUT2D eigenvalue weighted by molar-refractivity contribution is 5.83. The molecule has 0 amide bonds. The molecule has 20 heavy (non-hydrogen) atoms. The SMILES string of the molecule is CCCNCc1cn(CC2CCCC2)c2ccccc12. The van der Waals surface area contributed by atoms with Gasteiger partial charge in [0.2, 0.25) is 0 Å². The number of rotatable bonds is 6. The Morgan fingerprint density at radius 3 is 2.80 bits per heavy atom. The monoisotopic (exact) mass is 270 g/mol. The van der Waals surface area contributed by atoms with Crippen LogP contribution in [0.2, 0.25) is 0 Å². The number of aromatic nitrogens is 1. The molecule has 1 saturated carbocycles. The molecule has 1 N–H and O–H groups in total. The summed E-state index contributed by atoms with van der Waals surface area (Å²) < 4.78 is 2.49. The molecule has 0 bridgehead atoms. The lowest BCUT2D eigenvalue weighted by Gasteiger charge is -2.11. The zero-order valence-corrected chi connectivity index (χ0v) is 12.6. The number of nitrogens with zero attached hydrogens (tertiary/aromatic N) is 1. The van der Waals surface area contributed by atoms with Gasteiger partial charge < -0.3 is 9.88 Å². The molecule has 0 atom stereocenters. The molecule has 2 heteroatoms. The normalized spacial score (nSPS) is 16.2. The smallest absolute Gasteiger partial charge is 0.0483 e. The van der Waals surface area contributed by atoms with Gasteiger partial charge in [0, 0.05) is 30.2 Å². The third kappa shape index (κ3) is 2.90. The maximum Gasteiger partial charge on any atom is 0.0483 e. The van der Waals surface area contributed by atoms with E-state index in [0.29, 0.717) is 0 Å². The van der Waals surface area contributed by atoms with E-state index in [-0.39, 0.29) is 0 Å². The first-order valence-electron chi connectivity index (χ1n) is 8.16. The van der Waals surface area contributed by atoms with E-state index in [1.807, 2.05) is 0 Å². The Morgan fingerprint density at radius 1 is 1.20 bits per heavy atom. The maximum absolute atomic E-state index is 3.54. The molecule has 1 aromatic carbocycles. The lowest BCUT2D eigenvalue weighted by atomic mass is 10.1. The quantitative estimate of drug-likeness (QED) is 0.773. The lowest BCUT2D eigenvalue weighted by molar-refractivity contribution is 0.465. The van der Waals surface area contributed by atoms with Crippen molar-refractivity contribution in [1.82, 2.24) is 9.88 Å². The van der Waals surface area contributed by atoms with E-state index < -0.39 is 0 Å². The van der Waals surface area contributed by atoms with E-state index in [2.05, 4.69) is 47.3 Å². The van der Waals surface area contributed by atoms with E-state index in [4.69, 9.17) is 0 Å². The standard InChI is InChI=1S/C18H26N2/c1-2-11-19-12-16-14-20(13-15-7-3-4-8-15)18-10-6-5-9-17(16)18/h5-6,9-10,14-15,19H,2-4,7-8,11-13H2,1H3. The molecular weight excluding hydrogens is 244 g/mol. The number of para-hydroxylation sites is 1. The fourth-order valence-electron chi connectivity index (χ4n) is 3.49. The first kappa shape index (κ1) is 13.7. The minimum atomic E-state index is 0.891. The fraction of sp³-hybridized carbons (Fsp3) is 0.556. The van der Waals surface area contributed by atoms with Crippen LogP contribution in [0.25, 0.3) is 10.9 Å². The number of hydrogen-bond acceptors (Lipinski definition) is 1. The van der Waals surface area contributed by atoms with Crippen LogP contribution in [0.5, 0.6) is 0 Å². The third-order valence-electron chi connectivity index (χ3n) is 4.54. The van der Waals surface area contributed by atoms with Crippen LogP contribution >= 0.6 is 0 Å². The van der Waals surface area contributed by atoms with Crippen LogP contribution in [0.1, 0.15) is 44.6 Å². The Labute approximate surface area is 122 Å². The van der Waals surface area contributed by atoms with E-state index in [1.165, 1.54) is 55.1 Å². The van der Waals surface area contributed by atoms with Gasteiger partial charge in [0.1, 0.15) is 0 Å². The molecule has 0 radical (unpaired) electrons. The second kappa shape index (κ2) is 6.45. The summed E-state index contributed by atoms with van der Waals surface area (Å²) >= 11 is 0. The van der Waals surface area contributed by atoms with Gasteiger partial charge in [0.05, 0.1) is 0 Å². The third-order valence-corrected chi connectivity index (χ3v) is 4.54. The summed E-state index contributed by atoms with van der Waals surface area (Å²) in [7, 11) is 0. The van der Waals surface area contributed by atoms with Gasteiger partial charge >= 0.3 is 0 Å². The molecule has 3 rings (SSSR count). The number of nitrogens with one attached hydrogen (secondary N) is 1. The molecule has 1 aliphatic rings. The predicted molar refractivity (Wildman–Crippen MR) is 85.9 cm³/mol. The van der Waals surface area contributed by atoms with E-state index in [0.717, 1.165) is 19.0 Å². The number of fused-ring (bicyclic) bond motifs is 1. The summed E-state index contributed by atoms with van der Waals surface area (Å²) in [5.74, 6) is 0.891. The molecule has 0 spiro atoms. The van der Waals surface area contributed by atoms with Gasteiger partial charge in [-0.1, -0.05) is 38.0 Å². The van der Waals surface area contributed by atoms with Gasteiger partial charge in [-0.15, -0.1) is 0 Å². The van der Waals surface area contributed by atoms with Gasteiger partial charge in [0.15, 0.2) is 0 Å². The summed E-state index contributed by atoms with van der Waals surface area (Å²) in [4.78, 5) is 0. The highest BCUT2D eigenvalue weighted by Crippen LogP contribution is 2.29. The highest BCUT2D eigenvalue weighted by Gasteiger charge is 2.17. The van der Waals surface area contributed by atoms with Gasteiger partial charge in [-0.3, -0.25) is 0 Å². The van der Waals surface area contributed by atoms with Crippen LogP contribution in [0.3, 0.4) is 0 Å². The van der Waals surface area contributed by atoms with Gasteiger partial charge in [-0.25, -0.2) is 0 Å². The van der Waals surface area contributed by atoms with Crippen LogP contribution in [0.4, 0.5) is 0 Å². The fourth-order valence-corrected chi connectivity index (χ4v) is 3.49. The molecule has 0 unspecified atom stereocenters. The van der Waals surface area contributed by atoms with E-state index in [1.54, 1.807) is 0 Å². The molecule has 1 fully saturated rings. The van der Waals surface area contributed by atoms with Crippen molar-refractivity contribution >= 4 is 10.9 Å². The number of hydrogen-bond donors (Lipinski definition) is 1. The second-order valence-corrected chi connectivity index (χ2v) is 6.15. The molecule has 1 aromatic heterocycles. The Balaban J connectivity index is 1.83. The van der Waals surface area contributed by atoms with Gasteiger partial charge in [-0.2, -0.15) is 0 Å². The highest BCUT2D eigenvalue weighted by atomic mass is 15.0. The van der Waals surface area contributed by atoms with Crippen molar-refractivity contribution in [2.45, 2.75) is 52.1 Å². The first-order valence-corrected chi connectivity index (χ1v) is 8.16. The molecule has 0 aliphatic heterocycles. The Morgan fingerprint density at radius 2 is 2.00 bits per heavy atom. The molecule has 2 nitrogen and oxygen atoms in total. The average molecular weight is 270 g/mol. The minimum Gasteiger partial charge on any atom is -0.347 e. The first-order chi connectivity index (χ1) is 9.88. The van der Waals surface area contributed by atoms with Crippen LogP contribution in [0.15, 0.2) is 30.5 Å². The predicted octanol–water partition coefficient (Wildman–Crippen LogP) is 4.33. The molecule has 1 aliphatic carbocycles. The zero-order chi connectivity index (χ0) is 13.8. The van der Waals surface area contributed by atoms with Crippen molar-refractivity contribution in [3.05, 3.63) is 36.0 Å². The summed E-state index contributed by atoms with van der Waals surface area (Å²) in [5, 5.41) is 4.96. The molecular formula is C18H26N2. The average Bonchev–Trinajstić information content (AvgIpc) is 3.09. The topological polar surface area (TPSA) is 17.0 Å². The Kier molecular flexibility index (Phi) is 4.41. The van der Waals surface area contributed by atoms with Crippen LogP contribution < -0.4 is 5.32 Å². The van der Waals surface area contributed by atoms with Crippen molar-refractivity contribution in [1.29, 1.82) is 0 Å². The zero-order valence-electron chi connectivity index (χ0n) is 12.6. The van der Waals surface area contributed by atoms with Crippen molar-refractivity contribution in [2.75, 3.05) is 6.54 Å². The lowest BCUT2D eigenvalue weighted by Crippen LogP contribution is -2.13. The van der Waals surface area contributed by atoms with Crippen molar-refractivity contribution in [3.8, 4) is 0 Å². The summed E-state index contributed by atoms with van der Waals surface area (Å²) in [6.45, 7) is 5.51. The Hall–Kier alpha value is -1.28. The summed E-state index contributed by atoms with van der Waals surface area (Å²) in [6, 6.07) is 8.86. The minimum absolute atomic E-state index is 0.891. The summed E-state index contributed by atoms with van der Waals surface area (Å²) in [5.41, 5.74) is 2.86. The van der Waals surface area contributed by atoms with Crippen LogP contribution in [0, 0.1) is 5.92 Å². The van der Waals surface area contributed by atoms with E-state index in [9.17, 15) is 0 Å². The largest absolute Gasteiger partial charge is 0.347 e. The van der Waals surface area contributed by atoms with E-state index >= 15 is 0 Å². The molecule has 0 saturated heterocycles. The molecule has 108 valence electrons. The van der Waals surface area contributed by atoms with Crippen LogP contribution in [-0.4, -0.2) is 11.1 Å².